The minimum Gasteiger partial charge on any atom is -0.317 e. The van der Waals surface area contributed by atoms with E-state index in [9.17, 15) is 21.6 Å². The molecule has 0 amide bonds. The Bertz CT molecular complexity index is 607. The van der Waals surface area contributed by atoms with Gasteiger partial charge in [-0.15, -0.1) is 0 Å². The van der Waals surface area contributed by atoms with Gasteiger partial charge in [0.05, 0.1) is 0 Å². The zero-order valence-corrected chi connectivity index (χ0v) is 12.6. The van der Waals surface area contributed by atoms with Crippen LogP contribution in [0.4, 0.5) is 13.2 Å². The molecule has 1 saturated heterocycles. The first-order chi connectivity index (χ1) is 9.68. The summed E-state index contributed by atoms with van der Waals surface area (Å²) in [6, 6.07) is 0. The number of rotatable bonds is 4. The molecule has 1 N–H and O–H groups in total. The molecule has 0 radical (unpaired) electrons. The molecule has 0 saturated carbocycles. The number of aromatic nitrogens is 2. The first-order valence-corrected chi connectivity index (χ1v) is 8.12. The van der Waals surface area contributed by atoms with Gasteiger partial charge in [0.15, 0.2) is 0 Å². The van der Waals surface area contributed by atoms with Crippen LogP contribution in [0.2, 0.25) is 0 Å². The largest absolute Gasteiger partial charge is 0.317 e. The van der Waals surface area contributed by atoms with Gasteiger partial charge in [0.1, 0.15) is 10.6 Å². The highest BCUT2D eigenvalue weighted by Gasteiger charge is 2.49. The van der Waals surface area contributed by atoms with Crippen molar-refractivity contribution in [2.24, 2.45) is 13.0 Å². The van der Waals surface area contributed by atoms with Gasteiger partial charge in [-0.05, 0) is 32.9 Å². The van der Waals surface area contributed by atoms with Crippen LogP contribution in [0, 0.1) is 5.92 Å². The Kier molecular flexibility index (Phi) is 4.34. The van der Waals surface area contributed by atoms with Crippen LogP contribution in [-0.4, -0.2) is 36.3 Å². The average Bonchev–Trinajstić information content (AvgIpc) is 2.82. The van der Waals surface area contributed by atoms with Gasteiger partial charge in [0, 0.05) is 19.2 Å². The lowest BCUT2D eigenvalue weighted by molar-refractivity contribution is 0.140. The third-order valence-electron chi connectivity index (χ3n) is 3.91. The lowest BCUT2D eigenvalue weighted by atomic mass is 9.93. The van der Waals surface area contributed by atoms with Gasteiger partial charge in [-0.2, -0.15) is 5.10 Å². The second-order valence-electron chi connectivity index (χ2n) is 5.37. The summed E-state index contributed by atoms with van der Waals surface area (Å²) < 4.78 is 66.8. The molecule has 2 rings (SSSR count). The molecule has 120 valence electrons. The molecule has 0 unspecified atom stereocenters. The second kappa shape index (κ2) is 5.60. The highest BCUT2D eigenvalue weighted by molar-refractivity contribution is 7.92. The molecule has 21 heavy (non-hydrogen) atoms. The Morgan fingerprint density at radius 1 is 1.43 bits per heavy atom. The molecule has 0 aromatic carbocycles. The van der Waals surface area contributed by atoms with E-state index >= 15 is 0 Å². The van der Waals surface area contributed by atoms with Crippen LogP contribution in [0.5, 0.6) is 0 Å². The number of nitrogens with zero attached hydrogens (tertiary/aromatic N) is 2. The lowest BCUT2D eigenvalue weighted by Crippen LogP contribution is -2.44. The molecule has 2 heterocycles. The number of aryl methyl sites for hydroxylation is 1. The maximum Gasteiger partial charge on any atom is 0.283 e. The van der Waals surface area contributed by atoms with E-state index in [4.69, 9.17) is 0 Å². The summed E-state index contributed by atoms with van der Waals surface area (Å²) in [6.45, 7) is 1.98. The predicted molar refractivity (Wildman–Crippen MR) is 70.5 cm³/mol. The van der Waals surface area contributed by atoms with Crippen molar-refractivity contribution in [2.75, 3.05) is 13.1 Å². The summed E-state index contributed by atoms with van der Waals surface area (Å²) in [5.74, 6) is -0.727. The molecule has 0 spiro atoms. The van der Waals surface area contributed by atoms with Crippen molar-refractivity contribution in [2.45, 2.75) is 36.1 Å². The minimum atomic E-state index is -4.55. The van der Waals surface area contributed by atoms with Gasteiger partial charge in [0.25, 0.3) is 6.43 Å². The molecule has 1 aliphatic heterocycles. The summed E-state index contributed by atoms with van der Waals surface area (Å²) in [5, 5.41) is 3.86. The third kappa shape index (κ3) is 2.80. The fourth-order valence-electron chi connectivity index (χ4n) is 2.61. The van der Waals surface area contributed by atoms with Crippen LogP contribution in [0.1, 0.15) is 31.9 Å². The first kappa shape index (κ1) is 16.3. The van der Waals surface area contributed by atoms with E-state index in [2.05, 4.69) is 10.4 Å². The van der Waals surface area contributed by atoms with Crippen LogP contribution >= 0.6 is 0 Å². The zero-order chi connectivity index (χ0) is 15.8. The van der Waals surface area contributed by atoms with Gasteiger partial charge in [-0.3, -0.25) is 4.68 Å². The average molecular weight is 325 g/mol. The summed E-state index contributed by atoms with van der Waals surface area (Å²) in [7, 11) is -3.23. The van der Waals surface area contributed by atoms with E-state index in [1.807, 2.05) is 0 Å². The Hall–Kier alpha value is -1.09. The molecular weight excluding hydrogens is 307 g/mol. The monoisotopic (exact) mass is 325 g/mol. The highest BCUT2D eigenvalue weighted by Crippen LogP contribution is 2.40. The summed E-state index contributed by atoms with van der Waals surface area (Å²) in [6.07, 6.45) is -1.44. The van der Waals surface area contributed by atoms with Crippen LogP contribution in [-0.2, 0) is 16.9 Å². The van der Waals surface area contributed by atoms with Gasteiger partial charge in [-0.1, -0.05) is 0 Å². The predicted octanol–water partition coefficient (Wildman–Crippen LogP) is 1.82. The van der Waals surface area contributed by atoms with E-state index < -0.39 is 37.8 Å². The molecule has 1 aromatic rings. The van der Waals surface area contributed by atoms with E-state index in [1.165, 1.54) is 7.05 Å². The maximum absolute atomic E-state index is 15.0. The Morgan fingerprint density at radius 2 is 2.00 bits per heavy atom. The highest BCUT2D eigenvalue weighted by atomic mass is 32.2. The SMILES string of the molecule is Cn1cc(S(=O)(=O)[C@](C)(F)C2CCNCC2)c(C(F)F)n1. The van der Waals surface area contributed by atoms with Crippen LogP contribution in [0.25, 0.3) is 0 Å². The number of nitrogens with one attached hydrogen (secondary N) is 1. The first-order valence-electron chi connectivity index (χ1n) is 6.64. The summed E-state index contributed by atoms with van der Waals surface area (Å²) in [4.78, 5) is -0.719. The van der Waals surface area contributed by atoms with Crippen molar-refractivity contribution in [1.82, 2.24) is 15.1 Å². The molecule has 1 aliphatic rings. The topological polar surface area (TPSA) is 64.0 Å². The molecule has 0 bridgehead atoms. The Balaban J connectivity index is 2.45. The van der Waals surface area contributed by atoms with Gasteiger partial charge in [0.2, 0.25) is 14.8 Å². The number of halogens is 3. The molecule has 0 aliphatic carbocycles. The van der Waals surface area contributed by atoms with E-state index in [1.54, 1.807) is 0 Å². The van der Waals surface area contributed by atoms with Crippen molar-refractivity contribution < 1.29 is 21.6 Å². The maximum atomic E-state index is 15.0. The second-order valence-corrected chi connectivity index (χ2v) is 7.61. The van der Waals surface area contributed by atoms with Crippen LogP contribution in [0.3, 0.4) is 0 Å². The van der Waals surface area contributed by atoms with Crippen LogP contribution in [0.15, 0.2) is 11.1 Å². The third-order valence-corrected chi connectivity index (χ3v) is 6.19. The van der Waals surface area contributed by atoms with Crippen molar-refractivity contribution in [3.8, 4) is 0 Å². The minimum absolute atomic E-state index is 0.344. The molecule has 5 nitrogen and oxygen atoms in total. The van der Waals surface area contributed by atoms with Crippen LogP contribution < -0.4 is 5.32 Å². The summed E-state index contributed by atoms with van der Waals surface area (Å²) in [5.41, 5.74) is -0.893. The quantitative estimate of drug-likeness (QED) is 0.917. The standard InChI is InChI=1S/C12H18F3N3O2S/c1-12(15,8-3-5-16-6-4-8)21(19,20)9-7-18(2)17-10(9)11(13)14/h7-8,11,16H,3-6H2,1-2H3/t12-/m0/s1. The fraction of sp³-hybridized carbons (Fsp3) is 0.750. The van der Waals surface area contributed by atoms with E-state index in [0.29, 0.717) is 25.9 Å². The Morgan fingerprint density at radius 3 is 2.52 bits per heavy atom. The molecule has 9 heteroatoms. The van der Waals surface area contributed by atoms with Gasteiger partial charge >= 0.3 is 0 Å². The Labute approximate surface area is 121 Å². The summed E-state index contributed by atoms with van der Waals surface area (Å²) >= 11 is 0. The van der Waals surface area contributed by atoms with Crippen molar-refractivity contribution >= 4 is 9.84 Å². The molecule has 1 aromatic heterocycles. The smallest absolute Gasteiger partial charge is 0.283 e. The van der Waals surface area contributed by atoms with Crippen molar-refractivity contribution in [3.05, 3.63) is 11.9 Å². The van der Waals surface area contributed by atoms with E-state index in [-0.39, 0.29) is 0 Å². The normalized spacial score (nSPS) is 20.7. The van der Waals surface area contributed by atoms with Gasteiger partial charge in [-0.25, -0.2) is 21.6 Å². The number of hydrogen-bond donors (Lipinski definition) is 1. The van der Waals surface area contributed by atoms with Gasteiger partial charge < -0.3 is 5.32 Å². The number of sulfone groups is 1. The molecular formula is C12H18F3N3O2S. The zero-order valence-electron chi connectivity index (χ0n) is 11.8. The number of piperidine rings is 1. The fourth-order valence-corrected chi connectivity index (χ4v) is 4.42. The van der Waals surface area contributed by atoms with Crippen molar-refractivity contribution in [3.63, 3.8) is 0 Å². The number of alkyl halides is 3. The van der Waals surface area contributed by atoms with E-state index in [0.717, 1.165) is 17.8 Å². The lowest BCUT2D eigenvalue weighted by Gasteiger charge is -2.33. The van der Waals surface area contributed by atoms with Crippen molar-refractivity contribution in [1.29, 1.82) is 0 Å². The molecule has 1 atom stereocenters. The number of hydrogen-bond acceptors (Lipinski definition) is 4. The molecule has 1 fully saturated rings.